The summed E-state index contributed by atoms with van der Waals surface area (Å²) in [4.78, 5) is 15.7. The van der Waals surface area contributed by atoms with Crippen LogP contribution in [0.3, 0.4) is 0 Å². The number of piperidine rings is 1. The summed E-state index contributed by atoms with van der Waals surface area (Å²) in [6.07, 6.45) is 5.02. The number of hydrogen-bond donors (Lipinski definition) is 1. The number of sulfonamides is 1. The Morgan fingerprint density at radius 2 is 1.78 bits per heavy atom. The van der Waals surface area contributed by atoms with Gasteiger partial charge in [-0.3, -0.25) is 4.79 Å². The van der Waals surface area contributed by atoms with Crippen molar-refractivity contribution in [2.24, 2.45) is 0 Å². The summed E-state index contributed by atoms with van der Waals surface area (Å²) in [5.74, 6) is -0.0841. The highest BCUT2D eigenvalue weighted by Gasteiger charge is 2.23. The molecule has 0 aromatic heterocycles. The molecule has 2 aromatic carbocycles. The Morgan fingerprint density at radius 3 is 2.44 bits per heavy atom. The number of nitrogens with one attached hydrogen (secondary N) is 1. The Labute approximate surface area is 165 Å². The first kappa shape index (κ1) is 19.9. The van der Waals surface area contributed by atoms with Gasteiger partial charge in [-0.25, -0.2) is 13.1 Å². The molecule has 7 heteroatoms. The third-order valence-electron chi connectivity index (χ3n) is 4.66. The number of carbonyl (C=O) groups excluding carboxylic acids is 1. The van der Waals surface area contributed by atoms with Crippen LogP contribution >= 0.6 is 11.8 Å². The second-order valence-corrected chi connectivity index (χ2v) is 9.14. The van der Waals surface area contributed by atoms with Crippen molar-refractivity contribution in [1.82, 2.24) is 9.62 Å². The summed E-state index contributed by atoms with van der Waals surface area (Å²) in [5, 5.41) is 0. The summed E-state index contributed by atoms with van der Waals surface area (Å²) >= 11 is 1.45. The topological polar surface area (TPSA) is 66.5 Å². The number of benzene rings is 2. The van der Waals surface area contributed by atoms with E-state index in [4.69, 9.17) is 0 Å². The quantitative estimate of drug-likeness (QED) is 0.748. The molecule has 0 bridgehead atoms. The van der Waals surface area contributed by atoms with Crippen molar-refractivity contribution in [2.75, 3.05) is 19.3 Å². The van der Waals surface area contributed by atoms with Crippen LogP contribution in [0.2, 0.25) is 0 Å². The Bertz CT molecular complexity index is 893. The van der Waals surface area contributed by atoms with Crippen molar-refractivity contribution < 1.29 is 13.2 Å². The minimum atomic E-state index is -3.70. The van der Waals surface area contributed by atoms with E-state index in [2.05, 4.69) is 4.72 Å². The van der Waals surface area contributed by atoms with Gasteiger partial charge in [-0.2, -0.15) is 0 Å². The molecular formula is C20H24N2O3S2. The molecule has 1 amide bonds. The van der Waals surface area contributed by atoms with Crippen LogP contribution in [0, 0.1) is 0 Å². The van der Waals surface area contributed by atoms with Gasteiger partial charge in [0.05, 0.1) is 10.5 Å². The molecule has 5 nitrogen and oxygen atoms in total. The third kappa shape index (κ3) is 4.91. The predicted octanol–water partition coefficient (Wildman–Crippen LogP) is 3.51. The van der Waals surface area contributed by atoms with E-state index in [1.165, 1.54) is 17.8 Å². The Hall–Kier alpha value is -1.83. The van der Waals surface area contributed by atoms with Crippen LogP contribution in [0.1, 0.15) is 35.2 Å². The number of hydrogen-bond acceptors (Lipinski definition) is 4. The van der Waals surface area contributed by atoms with Gasteiger partial charge in [0.15, 0.2) is 0 Å². The molecule has 0 radical (unpaired) electrons. The number of rotatable bonds is 6. The second-order valence-electron chi connectivity index (χ2n) is 6.53. The summed E-state index contributed by atoms with van der Waals surface area (Å²) in [5.41, 5.74) is 1.35. The standard InChI is InChI=1S/C20H24N2O3S2/c1-26-19-11-10-17(14-18(19)20(23)22-12-6-3-7-13-22)27(24,25)21-15-16-8-4-2-5-9-16/h2,4-5,8-11,14,21H,3,6-7,12-13,15H2,1H3. The van der Waals surface area contributed by atoms with Gasteiger partial charge in [0.2, 0.25) is 10.0 Å². The first-order chi connectivity index (χ1) is 13.0. The number of likely N-dealkylation sites (tertiary alicyclic amines) is 1. The van der Waals surface area contributed by atoms with Gasteiger partial charge in [0.25, 0.3) is 5.91 Å². The Kier molecular flexibility index (Phi) is 6.57. The second kappa shape index (κ2) is 8.91. The van der Waals surface area contributed by atoms with Crippen LogP contribution in [0.25, 0.3) is 0 Å². The van der Waals surface area contributed by atoms with Crippen molar-refractivity contribution in [3.63, 3.8) is 0 Å². The van der Waals surface area contributed by atoms with Gasteiger partial charge in [-0.15, -0.1) is 11.8 Å². The molecule has 1 aliphatic rings. The summed E-state index contributed by atoms with van der Waals surface area (Å²) in [6.45, 7) is 1.68. The van der Waals surface area contributed by atoms with Gasteiger partial charge in [-0.05, 0) is 49.3 Å². The van der Waals surface area contributed by atoms with Crippen molar-refractivity contribution >= 4 is 27.7 Å². The van der Waals surface area contributed by atoms with Gasteiger partial charge in [-0.1, -0.05) is 30.3 Å². The molecule has 144 valence electrons. The average Bonchev–Trinajstić information content (AvgIpc) is 2.72. The van der Waals surface area contributed by atoms with Crippen LogP contribution in [-0.2, 0) is 16.6 Å². The zero-order valence-corrected chi connectivity index (χ0v) is 17.0. The summed E-state index contributed by atoms with van der Waals surface area (Å²) < 4.78 is 28.0. The van der Waals surface area contributed by atoms with Crippen molar-refractivity contribution in [3.05, 3.63) is 59.7 Å². The number of amides is 1. The lowest BCUT2D eigenvalue weighted by atomic mass is 10.1. The molecular weight excluding hydrogens is 380 g/mol. The number of carbonyl (C=O) groups is 1. The fourth-order valence-corrected chi connectivity index (χ4v) is 4.76. The van der Waals surface area contributed by atoms with Crippen molar-refractivity contribution in [2.45, 2.75) is 35.6 Å². The first-order valence-corrected chi connectivity index (χ1v) is 11.7. The maximum atomic E-state index is 12.9. The van der Waals surface area contributed by atoms with Crippen LogP contribution < -0.4 is 4.72 Å². The highest BCUT2D eigenvalue weighted by atomic mass is 32.2. The van der Waals surface area contributed by atoms with E-state index in [-0.39, 0.29) is 17.3 Å². The van der Waals surface area contributed by atoms with E-state index < -0.39 is 10.0 Å². The molecule has 1 N–H and O–H groups in total. The third-order valence-corrected chi connectivity index (χ3v) is 6.86. The minimum Gasteiger partial charge on any atom is -0.339 e. The maximum absolute atomic E-state index is 12.9. The molecule has 0 saturated carbocycles. The Morgan fingerprint density at radius 1 is 1.07 bits per heavy atom. The fraction of sp³-hybridized carbons (Fsp3) is 0.350. The van der Waals surface area contributed by atoms with E-state index in [0.717, 1.165) is 42.8 Å². The molecule has 27 heavy (non-hydrogen) atoms. The lowest BCUT2D eigenvalue weighted by Crippen LogP contribution is -2.36. The summed E-state index contributed by atoms with van der Waals surface area (Å²) in [6, 6.07) is 14.1. The SMILES string of the molecule is CSc1ccc(S(=O)(=O)NCc2ccccc2)cc1C(=O)N1CCCCC1. The lowest BCUT2D eigenvalue weighted by molar-refractivity contribution is 0.0720. The van der Waals surface area contributed by atoms with Crippen molar-refractivity contribution in [3.8, 4) is 0 Å². The highest BCUT2D eigenvalue weighted by Crippen LogP contribution is 2.26. The first-order valence-electron chi connectivity index (χ1n) is 9.02. The van der Waals surface area contributed by atoms with Gasteiger partial charge < -0.3 is 4.90 Å². The minimum absolute atomic E-state index is 0.0841. The molecule has 0 atom stereocenters. The number of thioether (sulfide) groups is 1. The van der Waals surface area contributed by atoms with Crippen LogP contribution in [0.4, 0.5) is 0 Å². The molecule has 2 aromatic rings. The Balaban J connectivity index is 1.84. The van der Waals surface area contributed by atoms with Crippen LogP contribution in [-0.4, -0.2) is 38.6 Å². The smallest absolute Gasteiger partial charge is 0.255 e. The van der Waals surface area contributed by atoms with Crippen LogP contribution in [0.5, 0.6) is 0 Å². The fourth-order valence-electron chi connectivity index (χ4n) is 3.15. The lowest BCUT2D eigenvalue weighted by Gasteiger charge is -2.27. The molecule has 1 heterocycles. The highest BCUT2D eigenvalue weighted by molar-refractivity contribution is 7.98. The van der Waals surface area contributed by atoms with E-state index in [1.807, 2.05) is 41.5 Å². The molecule has 1 aliphatic heterocycles. The van der Waals surface area contributed by atoms with E-state index in [9.17, 15) is 13.2 Å². The molecule has 1 saturated heterocycles. The largest absolute Gasteiger partial charge is 0.339 e. The maximum Gasteiger partial charge on any atom is 0.255 e. The zero-order chi connectivity index (χ0) is 19.3. The number of nitrogens with zero attached hydrogens (tertiary/aromatic N) is 1. The molecule has 0 spiro atoms. The predicted molar refractivity (Wildman–Crippen MR) is 108 cm³/mol. The van der Waals surface area contributed by atoms with Gasteiger partial charge in [0, 0.05) is 24.5 Å². The normalized spacial score (nSPS) is 14.9. The van der Waals surface area contributed by atoms with E-state index >= 15 is 0 Å². The molecule has 0 unspecified atom stereocenters. The molecule has 0 aliphatic carbocycles. The monoisotopic (exact) mass is 404 g/mol. The molecule has 3 rings (SSSR count). The van der Waals surface area contributed by atoms with Crippen molar-refractivity contribution in [1.29, 1.82) is 0 Å². The van der Waals surface area contributed by atoms with E-state index in [1.54, 1.807) is 12.1 Å². The average molecular weight is 405 g/mol. The van der Waals surface area contributed by atoms with Gasteiger partial charge >= 0.3 is 0 Å². The van der Waals surface area contributed by atoms with Gasteiger partial charge in [0.1, 0.15) is 0 Å². The zero-order valence-electron chi connectivity index (χ0n) is 15.3. The van der Waals surface area contributed by atoms with E-state index in [0.29, 0.717) is 5.56 Å². The summed E-state index contributed by atoms with van der Waals surface area (Å²) in [7, 11) is -3.70. The molecule has 1 fully saturated rings. The van der Waals surface area contributed by atoms with Crippen LogP contribution in [0.15, 0.2) is 58.3 Å².